The molecule has 72 heavy (non-hydrogen) atoms. The molecule has 16 aromatic rings. The lowest BCUT2D eigenvalue weighted by atomic mass is 9.82. The summed E-state index contributed by atoms with van der Waals surface area (Å²) in [4.78, 5) is 0. The van der Waals surface area contributed by atoms with E-state index in [9.17, 15) is 0 Å². The van der Waals surface area contributed by atoms with Gasteiger partial charge in [0.05, 0.1) is 66.9 Å². The van der Waals surface area contributed by atoms with E-state index < -0.39 is 0 Å². The maximum absolute atomic E-state index is 2.56. The second-order valence-corrected chi connectivity index (χ2v) is 20.9. The Balaban J connectivity index is 1.22. The van der Waals surface area contributed by atoms with Gasteiger partial charge in [0.1, 0.15) is 0 Å². The molecule has 4 aromatic heterocycles. The third-order valence-electron chi connectivity index (χ3n) is 16.0. The van der Waals surface area contributed by atoms with Gasteiger partial charge >= 0.3 is 0 Å². The first-order valence-electron chi connectivity index (χ1n) is 25.2. The van der Waals surface area contributed by atoms with Crippen molar-refractivity contribution in [1.82, 2.24) is 18.3 Å². The van der Waals surface area contributed by atoms with Gasteiger partial charge in [0.15, 0.2) is 0 Å². The van der Waals surface area contributed by atoms with Crippen LogP contribution in [-0.4, -0.2) is 18.3 Å². The topological polar surface area (TPSA) is 19.7 Å². The molecule has 0 aliphatic heterocycles. The van der Waals surface area contributed by atoms with Crippen molar-refractivity contribution < 1.29 is 0 Å². The Bertz CT molecular complexity index is 4450. The van der Waals surface area contributed by atoms with Gasteiger partial charge in [0.2, 0.25) is 0 Å². The minimum Gasteiger partial charge on any atom is -0.309 e. The molecule has 0 saturated carbocycles. The van der Waals surface area contributed by atoms with Crippen LogP contribution >= 0.6 is 0 Å². The van der Waals surface area contributed by atoms with E-state index in [4.69, 9.17) is 0 Å². The Morgan fingerprint density at radius 1 is 0.222 bits per heavy atom. The first kappa shape index (κ1) is 39.7. The molecule has 0 unspecified atom stereocenters. The van der Waals surface area contributed by atoms with Crippen LogP contribution in [0, 0.1) is 0 Å². The number of hydrogen-bond donors (Lipinski definition) is 0. The van der Waals surface area contributed by atoms with Crippen LogP contribution in [0.2, 0.25) is 0 Å². The van der Waals surface area contributed by atoms with Gasteiger partial charge in [-0.3, -0.25) is 0 Å². The highest BCUT2D eigenvalue weighted by Gasteiger charge is 2.29. The summed E-state index contributed by atoms with van der Waals surface area (Å²) in [6.45, 7) is 7.09. The number of para-hydroxylation sites is 8. The zero-order chi connectivity index (χ0) is 47.6. The van der Waals surface area contributed by atoms with Gasteiger partial charge < -0.3 is 18.3 Å². The molecule has 4 nitrogen and oxygen atoms in total. The van der Waals surface area contributed by atoms with E-state index in [0.717, 1.165) is 11.4 Å². The highest BCUT2D eigenvalue weighted by molar-refractivity contribution is 6.32. The maximum atomic E-state index is 2.56. The number of rotatable bonds is 4. The van der Waals surface area contributed by atoms with Gasteiger partial charge in [-0.05, 0) is 89.8 Å². The smallest absolute Gasteiger partial charge is 0.0562 e. The Hall–Kier alpha value is -9.12. The highest BCUT2D eigenvalue weighted by atomic mass is 15.0. The largest absolute Gasteiger partial charge is 0.309 e. The summed E-state index contributed by atoms with van der Waals surface area (Å²) in [5.41, 5.74) is 15.3. The quantitative estimate of drug-likeness (QED) is 0.157. The lowest BCUT2D eigenvalue weighted by Gasteiger charge is -2.27. The van der Waals surface area contributed by atoms with Crippen molar-refractivity contribution in [2.45, 2.75) is 26.2 Å². The molecule has 0 bridgehead atoms. The van der Waals surface area contributed by atoms with Crippen molar-refractivity contribution in [3.05, 3.63) is 230 Å². The second-order valence-electron chi connectivity index (χ2n) is 20.9. The molecule has 12 aromatic carbocycles. The summed E-state index contributed by atoms with van der Waals surface area (Å²) >= 11 is 0. The Morgan fingerprint density at radius 2 is 0.417 bits per heavy atom. The van der Waals surface area contributed by atoms with Gasteiger partial charge in [-0.1, -0.05) is 166 Å². The summed E-state index contributed by atoms with van der Waals surface area (Å²) in [5, 5.41) is 17.3. The van der Waals surface area contributed by atoms with Gasteiger partial charge in [-0.2, -0.15) is 0 Å². The number of hydrogen-bond acceptors (Lipinski definition) is 0. The van der Waals surface area contributed by atoms with Crippen LogP contribution in [-0.2, 0) is 5.41 Å². The van der Waals surface area contributed by atoms with E-state index in [1.54, 1.807) is 0 Å². The summed E-state index contributed by atoms with van der Waals surface area (Å²) in [5.74, 6) is 0. The predicted octanol–water partition coefficient (Wildman–Crippen LogP) is 18.3. The average molecular weight is 919 g/mol. The molecule has 0 radical (unpaired) electrons. The number of nitrogens with zero attached hydrogens (tertiary/aromatic N) is 4. The van der Waals surface area contributed by atoms with Crippen molar-refractivity contribution in [3.8, 4) is 22.7 Å². The van der Waals surface area contributed by atoms with Gasteiger partial charge in [0.25, 0.3) is 0 Å². The van der Waals surface area contributed by atoms with E-state index in [-0.39, 0.29) is 5.41 Å². The molecule has 0 atom stereocenters. The minimum absolute atomic E-state index is 0.164. The van der Waals surface area contributed by atoms with E-state index in [2.05, 4.69) is 263 Å². The third kappa shape index (κ3) is 5.20. The first-order chi connectivity index (χ1) is 35.4. The fourth-order valence-electron chi connectivity index (χ4n) is 12.9. The van der Waals surface area contributed by atoms with Crippen LogP contribution < -0.4 is 0 Å². The molecule has 0 saturated heterocycles. The van der Waals surface area contributed by atoms with E-state index in [1.165, 1.54) is 136 Å². The molecule has 16 rings (SSSR count). The van der Waals surface area contributed by atoms with Crippen LogP contribution in [0.5, 0.6) is 0 Å². The molecular weight excluding hydrogens is 873 g/mol. The molecule has 0 N–H and O–H groups in total. The predicted molar refractivity (Wildman–Crippen MR) is 306 cm³/mol. The normalized spacial score (nSPS) is 12.7. The molecule has 0 aliphatic carbocycles. The van der Waals surface area contributed by atoms with Crippen LogP contribution in [0.1, 0.15) is 26.3 Å². The zero-order valence-corrected chi connectivity index (χ0v) is 40.2. The van der Waals surface area contributed by atoms with Gasteiger partial charge in [-0.15, -0.1) is 0 Å². The lowest BCUT2D eigenvalue weighted by Crippen LogP contribution is -2.12. The zero-order valence-electron chi connectivity index (χ0n) is 40.2. The van der Waals surface area contributed by atoms with E-state index in [1.807, 2.05) is 0 Å². The molecular formula is C68H46N4. The van der Waals surface area contributed by atoms with Crippen molar-refractivity contribution in [3.63, 3.8) is 0 Å². The molecule has 0 amide bonds. The molecule has 4 heteroatoms. The van der Waals surface area contributed by atoms with Gasteiger partial charge in [-0.25, -0.2) is 0 Å². The Labute approximate surface area is 414 Å². The summed E-state index contributed by atoms with van der Waals surface area (Å²) < 4.78 is 10.2. The summed E-state index contributed by atoms with van der Waals surface area (Å²) in [6.07, 6.45) is 0. The first-order valence-corrected chi connectivity index (χ1v) is 25.2. The fraction of sp³-hybridized carbons (Fsp3) is 0.0588. The SMILES string of the molecule is CC(C)(C)c1cc2c(-n3c4ccccc4c4ccccc43)cc3c(-n4c5ccccc5c5ccccc54)cc(-n4c5ccccc5c5ccccc54)c4cc(-n5c6ccccc6c6ccccc65)c(c1)c2c34. The molecule has 0 spiro atoms. The second kappa shape index (κ2) is 14.2. The Kier molecular flexibility index (Phi) is 7.85. The monoisotopic (exact) mass is 918 g/mol. The summed E-state index contributed by atoms with van der Waals surface area (Å²) in [6, 6.07) is 84.4. The van der Waals surface area contributed by atoms with E-state index in [0.29, 0.717) is 0 Å². The van der Waals surface area contributed by atoms with Crippen LogP contribution in [0.15, 0.2) is 224 Å². The van der Waals surface area contributed by atoms with Crippen LogP contribution in [0.3, 0.4) is 0 Å². The van der Waals surface area contributed by atoms with Crippen molar-refractivity contribution in [2.24, 2.45) is 0 Å². The van der Waals surface area contributed by atoms with E-state index >= 15 is 0 Å². The molecule has 338 valence electrons. The Morgan fingerprint density at radius 3 is 0.639 bits per heavy atom. The van der Waals surface area contributed by atoms with Crippen LogP contribution in [0.25, 0.3) is 142 Å². The number of benzene rings is 12. The average Bonchev–Trinajstić information content (AvgIpc) is 4.15. The standard InChI is InChI=1S/C68H46N4/c1-68(2,3)41-36-50-62(69-54-28-12-4-20-42(54)43-21-5-13-29-55(43)69)38-52-64(71-58-32-16-8-24-46(58)47-25-9-17-33-59(47)71)40-65(72-60-34-18-10-26-48(60)49-27-11-19-35-61(49)72)53-39-63(51(37-41)66(50)67(52)53)70-56-30-14-6-22-44(56)45-23-7-15-31-57(45)70/h4-40H,1-3H3. The lowest BCUT2D eigenvalue weighted by molar-refractivity contribution is 0.591. The number of aromatic nitrogens is 4. The highest BCUT2D eigenvalue weighted by Crippen LogP contribution is 2.51. The maximum Gasteiger partial charge on any atom is 0.0562 e. The molecule has 0 fully saturated rings. The minimum atomic E-state index is -0.164. The van der Waals surface area contributed by atoms with Crippen molar-refractivity contribution >= 4 is 120 Å². The number of fused-ring (bicyclic) bond motifs is 12. The van der Waals surface area contributed by atoms with Crippen molar-refractivity contribution in [1.29, 1.82) is 0 Å². The van der Waals surface area contributed by atoms with Crippen molar-refractivity contribution in [2.75, 3.05) is 0 Å². The van der Waals surface area contributed by atoms with Gasteiger partial charge in [0, 0.05) is 75.4 Å². The summed E-state index contributed by atoms with van der Waals surface area (Å²) in [7, 11) is 0. The molecule has 4 heterocycles. The van der Waals surface area contributed by atoms with Crippen LogP contribution in [0.4, 0.5) is 0 Å². The fourth-order valence-corrected chi connectivity index (χ4v) is 12.9. The third-order valence-corrected chi connectivity index (χ3v) is 16.0. The molecule has 0 aliphatic rings.